The summed E-state index contributed by atoms with van der Waals surface area (Å²) in [5.74, 6) is -1.70. The molecule has 0 aromatic heterocycles. The van der Waals surface area contributed by atoms with Gasteiger partial charge in [0.2, 0.25) is 5.91 Å². The van der Waals surface area contributed by atoms with Crippen LogP contribution < -0.4 is 16.0 Å². The average Bonchev–Trinajstić information content (AvgIpc) is 3.08. The second kappa shape index (κ2) is 9.65. The normalized spacial score (nSPS) is 14.8. The van der Waals surface area contributed by atoms with E-state index in [9.17, 15) is 18.7 Å². The Morgan fingerprint density at radius 3 is 2.66 bits per heavy atom. The van der Waals surface area contributed by atoms with E-state index in [4.69, 9.17) is 0 Å². The van der Waals surface area contributed by atoms with Gasteiger partial charge in [0.25, 0.3) is 0 Å². The van der Waals surface area contributed by atoms with Crippen molar-refractivity contribution < 1.29 is 18.7 Å². The zero-order chi connectivity index (χ0) is 21.0. The first-order valence-electron chi connectivity index (χ1n) is 9.48. The van der Waals surface area contributed by atoms with Crippen LogP contribution in [0, 0.1) is 11.6 Å². The Balaban J connectivity index is 1.63. The Hall–Kier alpha value is -2.03. The lowest BCUT2D eigenvalue weighted by Crippen LogP contribution is -2.48. The molecule has 1 aliphatic heterocycles. The first-order chi connectivity index (χ1) is 13.8. The van der Waals surface area contributed by atoms with Gasteiger partial charge in [0.05, 0.1) is 12.1 Å². The maximum atomic E-state index is 13.5. The Labute approximate surface area is 177 Å². The van der Waals surface area contributed by atoms with Gasteiger partial charge in [0, 0.05) is 42.8 Å². The summed E-state index contributed by atoms with van der Waals surface area (Å²) in [5, 5.41) is 19.9. The molecular weight excluding hydrogens is 444 g/mol. The summed E-state index contributed by atoms with van der Waals surface area (Å²) in [6, 6.07) is 6.64. The summed E-state index contributed by atoms with van der Waals surface area (Å²) in [4.78, 5) is 11.5. The van der Waals surface area contributed by atoms with Crippen LogP contribution in [0.2, 0.25) is 0 Å². The van der Waals surface area contributed by atoms with Crippen LogP contribution in [0.3, 0.4) is 0 Å². The lowest BCUT2D eigenvalue weighted by molar-refractivity contribution is -0.120. The van der Waals surface area contributed by atoms with Gasteiger partial charge in [-0.05, 0) is 53.8 Å². The van der Waals surface area contributed by atoms with E-state index >= 15 is 0 Å². The molecule has 29 heavy (non-hydrogen) atoms. The zero-order valence-corrected chi connectivity index (χ0v) is 17.7. The summed E-state index contributed by atoms with van der Waals surface area (Å²) in [5.41, 5.74) is 3.82. The number of nitrogens with one attached hydrogen (secondary N) is 3. The maximum absolute atomic E-state index is 13.5. The maximum Gasteiger partial charge on any atom is 0.217 e. The molecule has 0 unspecified atom stereocenters. The van der Waals surface area contributed by atoms with Gasteiger partial charge in [-0.2, -0.15) is 0 Å². The summed E-state index contributed by atoms with van der Waals surface area (Å²) in [6.07, 6.45) is 0.155. The van der Waals surface area contributed by atoms with Gasteiger partial charge < -0.3 is 21.1 Å². The van der Waals surface area contributed by atoms with Crippen molar-refractivity contribution in [1.29, 1.82) is 0 Å². The van der Waals surface area contributed by atoms with Crippen LogP contribution in [-0.2, 0) is 24.2 Å². The van der Waals surface area contributed by atoms with Crippen molar-refractivity contribution in [3.63, 3.8) is 0 Å². The third kappa shape index (κ3) is 5.98. The highest BCUT2D eigenvalue weighted by Gasteiger charge is 2.22. The highest BCUT2D eigenvalue weighted by molar-refractivity contribution is 9.10. The number of carbonyl (C=O) groups excluding carboxylic acids is 1. The Kier molecular flexibility index (Phi) is 7.21. The van der Waals surface area contributed by atoms with Gasteiger partial charge in [-0.1, -0.05) is 15.9 Å². The summed E-state index contributed by atoms with van der Waals surface area (Å²) in [7, 11) is 0. The fraction of sp³-hybridized carbons (Fsp3) is 0.381. The minimum absolute atomic E-state index is 0.116. The van der Waals surface area contributed by atoms with Gasteiger partial charge in [0.1, 0.15) is 11.6 Å². The van der Waals surface area contributed by atoms with Crippen LogP contribution in [0.1, 0.15) is 23.6 Å². The fourth-order valence-electron chi connectivity index (χ4n) is 3.64. The number of halogens is 3. The Morgan fingerprint density at radius 1 is 1.24 bits per heavy atom. The fourth-order valence-corrected chi connectivity index (χ4v) is 4.19. The number of hydrogen-bond acceptors (Lipinski definition) is 4. The van der Waals surface area contributed by atoms with E-state index in [0.29, 0.717) is 12.1 Å². The van der Waals surface area contributed by atoms with Crippen LogP contribution in [0.4, 0.5) is 14.5 Å². The molecule has 0 saturated carbocycles. The second-order valence-electron chi connectivity index (χ2n) is 7.26. The molecule has 1 heterocycles. The van der Waals surface area contributed by atoms with Gasteiger partial charge in [-0.25, -0.2) is 8.78 Å². The molecule has 156 valence electrons. The lowest BCUT2D eigenvalue weighted by atomic mass is 10.0. The number of rotatable bonds is 8. The summed E-state index contributed by atoms with van der Waals surface area (Å²) in [6.45, 7) is 2.99. The van der Waals surface area contributed by atoms with E-state index < -0.39 is 23.8 Å². The number of benzene rings is 2. The van der Waals surface area contributed by atoms with Crippen molar-refractivity contribution in [2.75, 3.05) is 18.4 Å². The molecule has 3 rings (SSSR count). The molecule has 2 aromatic rings. The standard InChI is InChI=1S/C21H24BrF2N3O2/c1-12(28)27-19(6-13-4-17(23)9-18(24)5-13)20(29)11-25-10-15-8-16(22)7-14-2-3-26-21(14)15/h4-5,7-9,19-20,25-26,29H,2-3,6,10-11H2,1H3,(H,27,28)/t19-,20+/m0/s1. The van der Waals surface area contributed by atoms with E-state index in [1.54, 1.807) is 0 Å². The summed E-state index contributed by atoms with van der Waals surface area (Å²) < 4.78 is 27.9. The number of fused-ring (bicyclic) bond motifs is 1. The van der Waals surface area contributed by atoms with Crippen molar-refractivity contribution in [3.8, 4) is 0 Å². The minimum atomic E-state index is -0.932. The molecule has 5 nitrogen and oxygen atoms in total. The van der Waals surface area contributed by atoms with E-state index in [2.05, 4.69) is 37.9 Å². The number of aliphatic hydroxyl groups is 1. The van der Waals surface area contributed by atoms with E-state index in [1.165, 1.54) is 24.6 Å². The second-order valence-corrected chi connectivity index (χ2v) is 8.18. The molecule has 0 fully saturated rings. The lowest BCUT2D eigenvalue weighted by Gasteiger charge is -2.24. The van der Waals surface area contributed by atoms with E-state index in [1.807, 2.05) is 6.07 Å². The molecule has 2 atom stereocenters. The molecule has 0 aliphatic carbocycles. The number of aliphatic hydroxyl groups excluding tert-OH is 1. The average molecular weight is 468 g/mol. The van der Waals surface area contributed by atoms with Gasteiger partial charge in [-0.3, -0.25) is 4.79 Å². The monoisotopic (exact) mass is 467 g/mol. The first kappa shape index (κ1) is 21.7. The van der Waals surface area contributed by atoms with Crippen LogP contribution in [-0.4, -0.2) is 36.2 Å². The van der Waals surface area contributed by atoms with Gasteiger partial charge >= 0.3 is 0 Å². The number of amides is 1. The molecule has 8 heteroatoms. The molecule has 1 amide bonds. The van der Waals surface area contributed by atoms with Gasteiger partial charge in [0.15, 0.2) is 0 Å². The first-order valence-corrected chi connectivity index (χ1v) is 10.3. The Morgan fingerprint density at radius 2 is 1.97 bits per heavy atom. The minimum Gasteiger partial charge on any atom is -0.390 e. The molecule has 4 N–H and O–H groups in total. The molecule has 1 aliphatic rings. The quantitative estimate of drug-likeness (QED) is 0.481. The number of anilines is 1. The third-order valence-corrected chi connectivity index (χ3v) is 5.32. The van der Waals surface area contributed by atoms with Gasteiger partial charge in [-0.15, -0.1) is 0 Å². The SMILES string of the molecule is CC(=O)N[C@@H](Cc1cc(F)cc(F)c1)[C@H](O)CNCc1cc(Br)cc2c1NCC2. The number of hydrogen-bond donors (Lipinski definition) is 4. The van der Waals surface area contributed by atoms with Crippen LogP contribution in [0.5, 0.6) is 0 Å². The largest absolute Gasteiger partial charge is 0.390 e. The predicted octanol–water partition coefficient (Wildman–Crippen LogP) is 2.89. The van der Waals surface area contributed by atoms with Crippen molar-refractivity contribution in [1.82, 2.24) is 10.6 Å². The predicted molar refractivity (Wildman–Crippen MR) is 112 cm³/mol. The van der Waals surface area contributed by atoms with Crippen LogP contribution in [0.15, 0.2) is 34.8 Å². The molecular formula is C21H24BrF2N3O2. The highest BCUT2D eigenvalue weighted by Crippen LogP contribution is 2.30. The van der Waals surface area contributed by atoms with Crippen molar-refractivity contribution in [2.45, 2.75) is 38.5 Å². The molecule has 0 saturated heterocycles. The number of carbonyl (C=O) groups is 1. The van der Waals surface area contributed by atoms with Crippen molar-refractivity contribution >= 4 is 27.5 Å². The molecule has 0 spiro atoms. The summed E-state index contributed by atoms with van der Waals surface area (Å²) >= 11 is 3.52. The topological polar surface area (TPSA) is 73.4 Å². The molecule has 0 radical (unpaired) electrons. The van der Waals surface area contributed by atoms with E-state index in [0.717, 1.165) is 34.8 Å². The molecule has 2 aromatic carbocycles. The van der Waals surface area contributed by atoms with Crippen LogP contribution >= 0.6 is 15.9 Å². The molecule has 0 bridgehead atoms. The Bertz CT molecular complexity index is 874. The third-order valence-electron chi connectivity index (χ3n) is 4.86. The zero-order valence-electron chi connectivity index (χ0n) is 16.1. The van der Waals surface area contributed by atoms with Crippen LogP contribution in [0.25, 0.3) is 0 Å². The highest BCUT2D eigenvalue weighted by atomic mass is 79.9. The smallest absolute Gasteiger partial charge is 0.217 e. The van der Waals surface area contributed by atoms with Crippen molar-refractivity contribution in [2.24, 2.45) is 0 Å². The van der Waals surface area contributed by atoms with Crippen molar-refractivity contribution in [3.05, 3.63) is 63.1 Å². The van der Waals surface area contributed by atoms with E-state index in [-0.39, 0.29) is 18.9 Å².